The molecule has 1 aliphatic heterocycles. The van der Waals surface area contributed by atoms with E-state index in [2.05, 4.69) is 20.6 Å². The number of halogens is 3. The number of alkyl halides is 2. The van der Waals surface area contributed by atoms with Crippen LogP contribution < -0.4 is 21.3 Å². The molecular weight excluding hydrogens is 437 g/mol. The molecule has 1 amide bonds. The Balaban J connectivity index is 1.99. The third-order valence-corrected chi connectivity index (χ3v) is 5.51. The lowest BCUT2D eigenvalue weighted by molar-refractivity contribution is 0.0962. The minimum Gasteiger partial charge on any atom is -0.395 e. The molecule has 0 saturated carbocycles. The van der Waals surface area contributed by atoms with Crippen molar-refractivity contribution in [1.82, 2.24) is 15.6 Å². The molecule has 1 unspecified atom stereocenters. The van der Waals surface area contributed by atoms with Crippen LogP contribution in [0.25, 0.3) is 0 Å². The SMILES string of the molecule is CNC(=O)c1cnc(N2CCNC(CO)C2)cc1C(N)=N[C@H](C)c1cccc(C(F)F)c1F. The van der Waals surface area contributed by atoms with Crippen molar-refractivity contribution >= 4 is 17.6 Å². The summed E-state index contributed by atoms with van der Waals surface area (Å²) in [5.74, 6) is -0.988. The van der Waals surface area contributed by atoms with E-state index < -0.39 is 29.8 Å². The Morgan fingerprint density at radius 2 is 2.12 bits per heavy atom. The highest BCUT2D eigenvalue weighted by atomic mass is 19.3. The molecule has 2 atom stereocenters. The van der Waals surface area contributed by atoms with E-state index in [0.29, 0.717) is 25.5 Å². The number of piperazine rings is 1. The summed E-state index contributed by atoms with van der Waals surface area (Å²) in [6.45, 7) is 3.26. The molecule has 1 aliphatic rings. The van der Waals surface area contributed by atoms with E-state index in [-0.39, 0.29) is 35.2 Å². The molecule has 2 heterocycles. The number of aliphatic imine (C=N–C) groups is 1. The highest BCUT2D eigenvalue weighted by Gasteiger charge is 2.23. The van der Waals surface area contributed by atoms with Gasteiger partial charge in [-0.1, -0.05) is 18.2 Å². The van der Waals surface area contributed by atoms with Crippen molar-refractivity contribution in [2.24, 2.45) is 10.7 Å². The van der Waals surface area contributed by atoms with Crippen molar-refractivity contribution in [3.63, 3.8) is 0 Å². The predicted molar refractivity (Wildman–Crippen MR) is 119 cm³/mol. The van der Waals surface area contributed by atoms with E-state index in [1.165, 1.54) is 32.3 Å². The monoisotopic (exact) mass is 464 g/mol. The largest absolute Gasteiger partial charge is 0.395 e. The lowest BCUT2D eigenvalue weighted by atomic mass is 10.0. The Morgan fingerprint density at radius 1 is 1.39 bits per heavy atom. The second-order valence-corrected chi connectivity index (χ2v) is 7.69. The van der Waals surface area contributed by atoms with Gasteiger partial charge in [-0.25, -0.2) is 18.2 Å². The summed E-state index contributed by atoms with van der Waals surface area (Å²) in [5.41, 5.74) is 5.95. The summed E-state index contributed by atoms with van der Waals surface area (Å²) in [6.07, 6.45) is -1.58. The zero-order chi connectivity index (χ0) is 24.1. The van der Waals surface area contributed by atoms with Crippen LogP contribution in [0.15, 0.2) is 35.5 Å². The van der Waals surface area contributed by atoms with Gasteiger partial charge in [0.15, 0.2) is 0 Å². The van der Waals surface area contributed by atoms with Crippen LogP contribution >= 0.6 is 0 Å². The fraction of sp³-hybridized carbons (Fsp3) is 0.409. The lowest BCUT2D eigenvalue weighted by Gasteiger charge is -2.33. The maximum Gasteiger partial charge on any atom is 0.266 e. The molecule has 1 aromatic heterocycles. The van der Waals surface area contributed by atoms with Gasteiger partial charge in [0.2, 0.25) is 0 Å². The summed E-state index contributed by atoms with van der Waals surface area (Å²) in [6, 6.07) is 4.34. The van der Waals surface area contributed by atoms with Crippen LogP contribution in [0.3, 0.4) is 0 Å². The van der Waals surface area contributed by atoms with Gasteiger partial charge in [0.1, 0.15) is 17.5 Å². The van der Waals surface area contributed by atoms with Crippen molar-refractivity contribution in [2.45, 2.75) is 25.4 Å². The minimum absolute atomic E-state index is 0.0283. The summed E-state index contributed by atoms with van der Waals surface area (Å²) in [4.78, 5) is 23.0. The van der Waals surface area contributed by atoms with E-state index in [0.717, 1.165) is 6.07 Å². The van der Waals surface area contributed by atoms with Gasteiger partial charge in [-0.3, -0.25) is 9.79 Å². The van der Waals surface area contributed by atoms with Gasteiger partial charge in [0, 0.05) is 50.0 Å². The van der Waals surface area contributed by atoms with Crippen LogP contribution in [0, 0.1) is 5.82 Å². The number of amides is 1. The molecule has 11 heteroatoms. The molecule has 5 N–H and O–H groups in total. The Labute approximate surface area is 189 Å². The van der Waals surface area contributed by atoms with Gasteiger partial charge < -0.3 is 26.4 Å². The zero-order valence-corrected chi connectivity index (χ0v) is 18.4. The summed E-state index contributed by atoms with van der Waals surface area (Å²) < 4.78 is 40.7. The van der Waals surface area contributed by atoms with Crippen molar-refractivity contribution < 1.29 is 23.1 Å². The van der Waals surface area contributed by atoms with E-state index in [9.17, 15) is 23.1 Å². The second-order valence-electron chi connectivity index (χ2n) is 7.69. The number of carbonyl (C=O) groups excluding carboxylic acids is 1. The zero-order valence-electron chi connectivity index (χ0n) is 18.4. The fourth-order valence-corrected chi connectivity index (χ4v) is 3.71. The Morgan fingerprint density at radius 3 is 2.79 bits per heavy atom. The van der Waals surface area contributed by atoms with Crippen LogP contribution in [-0.2, 0) is 0 Å². The first-order chi connectivity index (χ1) is 15.8. The number of carbonyl (C=O) groups is 1. The maximum absolute atomic E-state index is 14.6. The molecule has 0 bridgehead atoms. The molecule has 1 fully saturated rings. The number of hydrogen-bond donors (Lipinski definition) is 4. The van der Waals surface area contributed by atoms with Crippen molar-refractivity contribution in [2.75, 3.05) is 38.2 Å². The number of nitrogens with zero attached hydrogens (tertiary/aromatic N) is 3. The molecule has 3 rings (SSSR count). The Kier molecular flexibility index (Phi) is 7.88. The smallest absolute Gasteiger partial charge is 0.266 e. The van der Waals surface area contributed by atoms with Gasteiger partial charge in [-0.2, -0.15) is 0 Å². The average molecular weight is 464 g/mol. The van der Waals surface area contributed by atoms with Gasteiger partial charge in [-0.15, -0.1) is 0 Å². The fourth-order valence-electron chi connectivity index (χ4n) is 3.71. The summed E-state index contributed by atoms with van der Waals surface area (Å²) >= 11 is 0. The topological polar surface area (TPSA) is 116 Å². The predicted octanol–water partition coefficient (Wildman–Crippen LogP) is 1.75. The first-order valence-electron chi connectivity index (χ1n) is 10.5. The normalized spacial score (nSPS) is 17.8. The lowest BCUT2D eigenvalue weighted by Crippen LogP contribution is -2.52. The number of aliphatic hydroxyl groups is 1. The van der Waals surface area contributed by atoms with Gasteiger partial charge in [0.25, 0.3) is 12.3 Å². The number of hydrogen-bond acceptors (Lipinski definition) is 6. The Bertz CT molecular complexity index is 1030. The van der Waals surface area contributed by atoms with E-state index in [1.54, 1.807) is 6.07 Å². The number of nitrogens with two attached hydrogens (primary N) is 1. The molecule has 0 radical (unpaired) electrons. The van der Waals surface area contributed by atoms with Crippen molar-refractivity contribution in [3.05, 3.63) is 58.5 Å². The number of anilines is 1. The molecule has 178 valence electrons. The molecule has 0 spiro atoms. The minimum atomic E-state index is -2.96. The number of amidine groups is 1. The molecular formula is C22H27F3N6O2. The molecule has 8 nitrogen and oxygen atoms in total. The maximum atomic E-state index is 14.6. The Hall–Kier alpha value is -3.18. The number of pyridine rings is 1. The van der Waals surface area contributed by atoms with Gasteiger partial charge in [-0.05, 0) is 13.0 Å². The van der Waals surface area contributed by atoms with Crippen LogP contribution in [0.2, 0.25) is 0 Å². The van der Waals surface area contributed by atoms with Crippen LogP contribution in [0.5, 0.6) is 0 Å². The highest BCUT2D eigenvalue weighted by molar-refractivity contribution is 6.09. The molecule has 33 heavy (non-hydrogen) atoms. The van der Waals surface area contributed by atoms with Gasteiger partial charge in [0.05, 0.1) is 23.8 Å². The number of aromatic nitrogens is 1. The number of aliphatic hydroxyl groups excluding tert-OH is 1. The summed E-state index contributed by atoms with van der Waals surface area (Å²) in [5, 5.41) is 15.2. The first kappa shape index (κ1) is 24.5. The third-order valence-electron chi connectivity index (χ3n) is 5.51. The van der Waals surface area contributed by atoms with E-state index in [4.69, 9.17) is 5.73 Å². The number of benzene rings is 1. The molecule has 2 aromatic rings. The highest BCUT2D eigenvalue weighted by Crippen LogP contribution is 2.29. The molecule has 0 aliphatic carbocycles. The third kappa shape index (κ3) is 5.42. The summed E-state index contributed by atoms with van der Waals surface area (Å²) in [7, 11) is 1.46. The standard InChI is InChI=1S/C22H27F3N6O2/c1-12(14-4-3-5-15(19(14)23)20(24)25)30-21(26)16-8-18(29-9-17(16)22(33)27-2)31-7-6-28-13(10-31)11-32/h3-5,8-9,12-13,20,28,32H,6-7,10-11H2,1-2H3,(H2,26,30)(H,27,33)/t12-,13?/m1/s1. The van der Waals surface area contributed by atoms with E-state index in [1.807, 2.05) is 4.90 Å². The first-order valence-corrected chi connectivity index (χ1v) is 10.5. The number of nitrogens with one attached hydrogen (secondary N) is 2. The molecule has 1 aromatic carbocycles. The van der Waals surface area contributed by atoms with E-state index >= 15 is 0 Å². The quantitative estimate of drug-likeness (QED) is 0.367. The number of rotatable bonds is 7. The van der Waals surface area contributed by atoms with Crippen molar-refractivity contribution in [1.29, 1.82) is 0 Å². The van der Waals surface area contributed by atoms with Crippen LogP contribution in [0.1, 0.15) is 46.4 Å². The molecule has 1 saturated heterocycles. The van der Waals surface area contributed by atoms with Crippen LogP contribution in [-0.4, -0.2) is 61.2 Å². The van der Waals surface area contributed by atoms with Crippen molar-refractivity contribution in [3.8, 4) is 0 Å². The van der Waals surface area contributed by atoms with Gasteiger partial charge >= 0.3 is 0 Å². The second kappa shape index (κ2) is 10.6. The average Bonchev–Trinajstić information content (AvgIpc) is 2.82. The van der Waals surface area contributed by atoms with Crippen LogP contribution in [0.4, 0.5) is 19.0 Å².